The maximum Gasteiger partial charge on any atom is 0.137 e. The van der Waals surface area contributed by atoms with Crippen LogP contribution in [0, 0.1) is 11.3 Å². The van der Waals surface area contributed by atoms with Crippen molar-refractivity contribution in [1.82, 2.24) is 0 Å². The third kappa shape index (κ3) is 3.30. The summed E-state index contributed by atoms with van der Waals surface area (Å²) in [6.07, 6.45) is 2.90. The van der Waals surface area contributed by atoms with Crippen molar-refractivity contribution in [2.75, 3.05) is 5.88 Å². The molecule has 0 amide bonds. The highest BCUT2D eigenvalue weighted by Gasteiger charge is 2.33. The Hall–Kier alpha value is -0.0400. The van der Waals surface area contributed by atoms with Gasteiger partial charge in [-0.15, -0.1) is 11.6 Å². The predicted octanol–water partition coefficient (Wildman–Crippen LogP) is 3.65. The van der Waals surface area contributed by atoms with Gasteiger partial charge in [0.25, 0.3) is 0 Å². The van der Waals surface area contributed by atoms with E-state index >= 15 is 0 Å². The van der Waals surface area contributed by atoms with Crippen LogP contribution in [0.4, 0.5) is 0 Å². The second-order valence-electron chi connectivity index (χ2n) is 4.04. The monoisotopic (exact) mass is 204 g/mol. The Bertz CT molecular complexity index is 161. The van der Waals surface area contributed by atoms with Crippen LogP contribution < -0.4 is 0 Å². The highest BCUT2D eigenvalue weighted by Crippen LogP contribution is 2.33. The van der Waals surface area contributed by atoms with Gasteiger partial charge in [0.1, 0.15) is 5.78 Å². The number of alkyl halides is 1. The first-order chi connectivity index (χ1) is 6.02. The van der Waals surface area contributed by atoms with E-state index in [1.54, 1.807) is 6.92 Å². The molecule has 78 valence electrons. The lowest BCUT2D eigenvalue weighted by atomic mass is 9.75. The number of Topliss-reactive ketones (excluding diaryl/α,β-unsaturated/α-hetero) is 1. The van der Waals surface area contributed by atoms with Crippen molar-refractivity contribution in [2.24, 2.45) is 11.3 Å². The van der Waals surface area contributed by atoms with Gasteiger partial charge >= 0.3 is 0 Å². The molecule has 0 heterocycles. The van der Waals surface area contributed by atoms with Crippen LogP contribution in [0.3, 0.4) is 0 Å². The molecule has 0 N–H and O–H groups in total. The van der Waals surface area contributed by atoms with Gasteiger partial charge in [-0.05, 0) is 25.7 Å². The highest BCUT2D eigenvalue weighted by molar-refractivity contribution is 6.20. The van der Waals surface area contributed by atoms with Crippen LogP contribution in [-0.2, 0) is 4.79 Å². The Morgan fingerprint density at radius 2 is 2.00 bits per heavy atom. The zero-order chi connectivity index (χ0) is 10.5. The van der Waals surface area contributed by atoms with Crippen molar-refractivity contribution in [1.29, 1.82) is 0 Å². The minimum Gasteiger partial charge on any atom is -0.299 e. The maximum absolute atomic E-state index is 11.5. The first-order valence-corrected chi connectivity index (χ1v) is 5.62. The Kier molecular flexibility index (Phi) is 5.62. The second kappa shape index (κ2) is 5.64. The van der Waals surface area contributed by atoms with E-state index in [4.69, 9.17) is 11.6 Å². The molecule has 0 saturated carbocycles. The van der Waals surface area contributed by atoms with E-state index in [2.05, 4.69) is 13.8 Å². The zero-order valence-corrected chi connectivity index (χ0v) is 9.95. The van der Waals surface area contributed by atoms with Gasteiger partial charge in [0.05, 0.1) is 0 Å². The maximum atomic E-state index is 11.5. The van der Waals surface area contributed by atoms with Gasteiger partial charge in [-0.25, -0.2) is 0 Å². The lowest BCUT2D eigenvalue weighted by molar-refractivity contribution is -0.126. The van der Waals surface area contributed by atoms with Crippen LogP contribution in [0.5, 0.6) is 0 Å². The lowest BCUT2D eigenvalue weighted by Crippen LogP contribution is -2.32. The molecule has 0 aliphatic heterocycles. The summed E-state index contributed by atoms with van der Waals surface area (Å²) < 4.78 is 0. The Labute approximate surface area is 86.9 Å². The first kappa shape index (κ1) is 13.0. The van der Waals surface area contributed by atoms with E-state index in [9.17, 15) is 4.79 Å². The quantitative estimate of drug-likeness (QED) is 0.604. The highest BCUT2D eigenvalue weighted by atomic mass is 35.5. The minimum absolute atomic E-state index is 0.241. The molecule has 13 heavy (non-hydrogen) atoms. The van der Waals surface area contributed by atoms with Gasteiger partial charge in [-0.1, -0.05) is 27.2 Å². The number of hydrogen-bond acceptors (Lipinski definition) is 1. The van der Waals surface area contributed by atoms with Crippen LogP contribution in [-0.4, -0.2) is 11.7 Å². The van der Waals surface area contributed by atoms with E-state index in [-0.39, 0.29) is 11.2 Å². The summed E-state index contributed by atoms with van der Waals surface area (Å²) >= 11 is 5.90. The summed E-state index contributed by atoms with van der Waals surface area (Å²) in [5, 5.41) is 0. The molecule has 2 atom stereocenters. The molecule has 0 aliphatic carbocycles. The van der Waals surface area contributed by atoms with Gasteiger partial charge in [0.2, 0.25) is 0 Å². The normalized spacial score (nSPS) is 17.9. The SMILES string of the molecule is CCC(C)CC(CC)(CCl)C(C)=O. The van der Waals surface area contributed by atoms with E-state index < -0.39 is 0 Å². The molecule has 0 radical (unpaired) electrons. The van der Waals surface area contributed by atoms with Gasteiger partial charge < -0.3 is 0 Å². The van der Waals surface area contributed by atoms with Gasteiger partial charge in [0.15, 0.2) is 0 Å². The third-order valence-corrected chi connectivity index (χ3v) is 3.63. The fourth-order valence-corrected chi connectivity index (χ4v) is 2.08. The van der Waals surface area contributed by atoms with Gasteiger partial charge in [0, 0.05) is 11.3 Å². The predicted molar refractivity (Wildman–Crippen MR) is 58.2 cm³/mol. The molecule has 0 saturated heterocycles. The molecule has 0 aromatic heterocycles. The molecule has 0 aromatic rings. The molecule has 0 spiro atoms. The van der Waals surface area contributed by atoms with Crippen molar-refractivity contribution in [3.05, 3.63) is 0 Å². The topological polar surface area (TPSA) is 17.1 Å². The number of carbonyl (C=O) groups is 1. The number of carbonyl (C=O) groups excluding carboxylic acids is 1. The molecule has 1 nitrogen and oxygen atoms in total. The molecule has 0 aliphatic rings. The molecular weight excluding hydrogens is 184 g/mol. The van der Waals surface area contributed by atoms with Gasteiger partial charge in [-0.2, -0.15) is 0 Å². The fourth-order valence-electron chi connectivity index (χ4n) is 1.59. The molecule has 0 rings (SSSR count). The van der Waals surface area contributed by atoms with Crippen molar-refractivity contribution in [2.45, 2.75) is 47.0 Å². The van der Waals surface area contributed by atoms with Crippen molar-refractivity contribution >= 4 is 17.4 Å². The molecule has 0 bridgehead atoms. The fraction of sp³-hybridized carbons (Fsp3) is 0.909. The Morgan fingerprint density at radius 1 is 1.46 bits per heavy atom. The smallest absolute Gasteiger partial charge is 0.137 e. The van der Waals surface area contributed by atoms with E-state index in [1.807, 2.05) is 6.92 Å². The van der Waals surface area contributed by atoms with Crippen LogP contribution >= 0.6 is 11.6 Å². The summed E-state index contributed by atoms with van der Waals surface area (Å²) in [5.41, 5.74) is -0.267. The number of rotatable bonds is 6. The largest absolute Gasteiger partial charge is 0.299 e. The lowest BCUT2D eigenvalue weighted by Gasteiger charge is -2.30. The van der Waals surface area contributed by atoms with E-state index in [1.165, 1.54) is 0 Å². The summed E-state index contributed by atoms with van der Waals surface area (Å²) in [4.78, 5) is 11.5. The molecule has 2 unspecified atom stereocenters. The molecule has 0 fully saturated rings. The Balaban J connectivity index is 4.48. The third-order valence-electron chi connectivity index (χ3n) is 3.12. The number of hydrogen-bond donors (Lipinski definition) is 0. The second-order valence-corrected chi connectivity index (χ2v) is 4.31. The first-order valence-electron chi connectivity index (χ1n) is 5.09. The van der Waals surface area contributed by atoms with Crippen LogP contribution in [0.2, 0.25) is 0 Å². The van der Waals surface area contributed by atoms with Crippen molar-refractivity contribution in [3.8, 4) is 0 Å². The standard InChI is InChI=1S/C11H21ClO/c1-5-9(3)7-11(6-2,8-12)10(4)13/h9H,5-8H2,1-4H3. The number of halogens is 1. The van der Waals surface area contributed by atoms with Crippen molar-refractivity contribution < 1.29 is 4.79 Å². The number of ketones is 1. The molecular formula is C11H21ClO. The summed E-state index contributed by atoms with van der Waals surface area (Å²) in [7, 11) is 0. The molecule has 0 aromatic carbocycles. The van der Waals surface area contributed by atoms with Crippen LogP contribution in [0.25, 0.3) is 0 Å². The summed E-state index contributed by atoms with van der Waals surface area (Å²) in [5.74, 6) is 1.29. The van der Waals surface area contributed by atoms with Crippen LogP contribution in [0.1, 0.15) is 47.0 Å². The van der Waals surface area contributed by atoms with E-state index in [0.29, 0.717) is 11.8 Å². The van der Waals surface area contributed by atoms with Crippen LogP contribution in [0.15, 0.2) is 0 Å². The zero-order valence-electron chi connectivity index (χ0n) is 9.19. The summed E-state index contributed by atoms with van der Waals surface area (Å²) in [6, 6.07) is 0. The van der Waals surface area contributed by atoms with Crippen molar-refractivity contribution in [3.63, 3.8) is 0 Å². The molecule has 2 heteroatoms. The minimum atomic E-state index is -0.267. The summed E-state index contributed by atoms with van der Waals surface area (Å²) in [6.45, 7) is 8.04. The Morgan fingerprint density at radius 3 is 2.23 bits per heavy atom. The average molecular weight is 205 g/mol. The average Bonchev–Trinajstić information content (AvgIpc) is 2.13. The van der Waals surface area contributed by atoms with E-state index in [0.717, 1.165) is 19.3 Å². The van der Waals surface area contributed by atoms with Gasteiger partial charge in [-0.3, -0.25) is 4.79 Å².